The second kappa shape index (κ2) is 8.73. The van der Waals surface area contributed by atoms with E-state index in [1.165, 1.54) is 0 Å². The molecule has 6 nitrogen and oxygen atoms in total. The fraction of sp³-hybridized carbons (Fsp3) is 0.261. The van der Waals surface area contributed by atoms with Gasteiger partial charge in [-0.15, -0.1) is 0 Å². The van der Waals surface area contributed by atoms with Crippen LogP contribution in [0.5, 0.6) is 5.75 Å². The van der Waals surface area contributed by atoms with Gasteiger partial charge < -0.3 is 15.4 Å². The summed E-state index contributed by atoms with van der Waals surface area (Å²) >= 11 is 0. The second-order valence-corrected chi connectivity index (χ2v) is 7.85. The average molecular weight is 390 g/mol. The van der Waals surface area contributed by atoms with Crippen molar-refractivity contribution < 1.29 is 9.53 Å². The maximum absolute atomic E-state index is 12.6. The average Bonchev–Trinajstić information content (AvgIpc) is 2.66. The van der Waals surface area contributed by atoms with E-state index in [2.05, 4.69) is 20.6 Å². The minimum absolute atomic E-state index is 0.197. The molecular weight excluding hydrogens is 364 g/mol. The van der Waals surface area contributed by atoms with Gasteiger partial charge in [0, 0.05) is 16.9 Å². The Morgan fingerprint density at radius 3 is 2.34 bits per heavy atom. The quantitative estimate of drug-likeness (QED) is 0.631. The molecule has 29 heavy (non-hydrogen) atoms. The number of nitrogens with zero attached hydrogens (tertiary/aromatic N) is 2. The summed E-state index contributed by atoms with van der Waals surface area (Å²) in [5.74, 6) is 0.888. The Hall–Kier alpha value is -3.41. The van der Waals surface area contributed by atoms with Crippen molar-refractivity contribution in [3.63, 3.8) is 0 Å². The van der Waals surface area contributed by atoms with Crippen LogP contribution in [0.1, 0.15) is 42.5 Å². The molecule has 0 saturated heterocycles. The first-order valence-corrected chi connectivity index (χ1v) is 9.50. The first kappa shape index (κ1) is 20.3. The molecule has 0 radical (unpaired) electrons. The van der Waals surface area contributed by atoms with Crippen LogP contribution >= 0.6 is 0 Å². The van der Waals surface area contributed by atoms with Gasteiger partial charge in [0.25, 0.3) is 5.91 Å². The van der Waals surface area contributed by atoms with Gasteiger partial charge in [-0.1, -0.05) is 30.3 Å². The molecule has 0 aliphatic rings. The lowest BCUT2D eigenvalue weighted by atomic mass is 10.1. The van der Waals surface area contributed by atoms with Crippen molar-refractivity contribution in [3.8, 4) is 5.75 Å². The summed E-state index contributed by atoms with van der Waals surface area (Å²) in [5, 5.41) is 6.06. The van der Waals surface area contributed by atoms with Gasteiger partial charge in [0.05, 0.1) is 0 Å². The second-order valence-electron chi connectivity index (χ2n) is 7.85. The minimum atomic E-state index is -0.287. The third-order valence-corrected chi connectivity index (χ3v) is 3.93. The van der Waals surface area contributed by atoms with Gasteiger partial charge in [-0.25, -0.2) is 9.97 Å². The van der Waals surface area contributed by atoms with Crippen molar-refractivity contribution in [2.45, 2.75) is 39.8 Å². The summed E-state index contributed by atoms with van der Waals surface area (Å²) in [6.07, 6.45) is 0. The van der Waals surface area contributed by atoms with Crippen LogP contribution in [0, 0.1) is 6.92 Å². The molecule has 0 saturated carbocycles. The Bertz CT molecular complexity index is 964. The number of ether oxygens (including phenoxy) is 1. The van der Waals surface area contributed by atoms with Crippen LogP contribution in [0.3, 0.4) is 0 Å². The van der Waals surface area contributed by atoms with Crippen molar-refractivity contribution in [2.24, 2.45) is 0 Å². The van der Waals surface area contributed by atoms with Crippen LogP contribution in [0.25, 0.3) is 0 Å². The normalized spacial score (nSPS) is 11.0. The van der Waals surface area contributed by atoms with E-state index < -0.39 is 0 Å². The molecule has 0 unspecified atom stereocenters. The van der Waals surface area contributed by atoms with E-state index in [9.17, 15) is 4.79 Å². The summed E-state index contributed by atoms with van der Waals surface area (Å²) in [6.45, 7) is 8.38. The Morgan fingerprint density at radius 2 is 1.69 bits per heavy atom. The van der Waals surface area contributed by atoms with Crippen LogP contribution < -0.4 is 15.4 Å². The van der Waals surface area contributed by atoms with Crippen LogP contribution in [0.4, 0.5) is 11.6 Å². The lowest BCUT2D eigenvalue weighted by Crippen LogP contribution is -2.28. The van der Waals surface area contributed by atoms with Gasteiger partial charge in [0.1, 0.15) is 18.1 Å². The molecule has 0 aliphatic heterocycles. The molecule has 2 N–H and O–H groups in total. The maximum atomic E-state index is 12.6. The van der Waals surface area contributed by atoms with Crippen molar-refractivity contribution in [3.05, 3.63) is 77.6 Å². The predicted octanol–water partition coefficient (Wildman–Crippen LogP) is 4.83. The number of rotatable bonds is 6. The maximum Gasteiger partial charge on any atom is 0.274 e. The number of aromatic nitrogens is 2. The van der Waals surface area contributed by atoms with Gasteiger partial charge in [0.2, 0.25) is 5.95 Å². The lowest BCUT2D eigenvalue weighted by Gasteiger charge is -2.20. The number of amides is 1. The van der Waals surface area contributed by atoms with E-state index in [1.54, 1.807) is 18.2 Å². The number of anilines is 2. The molecule has 0 spiro atoms. The number of nitrogens with one attached hydrogen (secondary N) is 2. The summed E-state index contributed by atoms with van der Waals surface area (Å²) in [4.78, 5) is 21.3. The van der Waals surface area contributed by atoms with Crippen LogP contribution in [-0.2, 0) is 6.61 Å². The van der Waals surface area contributed by atoms with Crippen molar-refractivity contribution >= 4 is 17.5 Å². The minimum Gasteiger partial charge on any atom is -0.489 e. The first-order chi connectivity index (χ1) is 13.8. The van der Waals surface area contributed by atoms with E-state index in [-0.39, 0.29) is 11.4 Å². The molecule has 1 aromatic heterocycles. The number of carbonyl (C=O) groups excluding carboxylic acids is 1. The summed E-state index contributed by atoms with van der Waals surface area (Å²) in [7, 11) is 0. The molecule has 1 amide bonds. The van der Waals surface area contributed by atoms with E-state index in [0.717, 1.165) is 17.0 Å². The van der Waals surface area contributed by atoms with Crippen molar-refractivity contribution in [1.29, 1.82) is 0 Å². The number of carbonyl (C=O) groups is 1. The fourth-order valence-electron chi connectivity index (χ4n) is 2.65. The predicted molar refractivity (Wildman–Crippen MR) is 115 cm³/mol. The highest BCUT2D eigenvalue weighted by Gasteiger charge is 2.15. The molecule has 3 rings (SSSR count). The highest BCUT2D eigenvalue weighted by molar-refractivity contribution is 6.03. The topological polar surface area (TPSA) is 76.1 Å². The molecule has 0 fully saturated rings. The lowest BCUT2D eigenvalue weighted by molar-refractivity contribution is 0.102. The van der Waals surface area contributed by atoms with Crippen LogP contribution in [0.2, 0.25) is 0 Å². The van der Waals surface area contributed by atoms with E-state index in [0.29, 0.717) is 23.9 Å². The summed E-state index contributed by atoms with van der Waals surface area (Å²) in [6, 6.07) is 18.9. The SMILES string of the molecule is Cc1cc(C(=O)Nc2ccc(OCc3ccccc3)cc2)nc(NC(C)(C)C)n1. The van der Waals surface area contributed by atoms with E-state index in [4.69, 9.17) is 4.74 Å². The van der Waals surface area contributed by atoms with Gasteiger partial charge in [-0.3, -0.25) is 4.79 Å². The first-order valence-electron chi connectivity index (χ1n) is 9.50. The smallest absolute Gasteiger partial charge is 0.274 e. The highest BCUT2D eigenvalue weighted by Crippen LogP contribution is 2.18. The summed E-state index contributed by atoms with van der Waals surface area (Å²) in [5.41, 5.74) is 2.61. The van der Waals surface area contributed by atoms with Crippen LogP contribution in [-0.4, -0.2) is 21.4 Å². The largest absolute Gasteiger partial charge is 0.489 e. The number of hydrogen-bond acceptors (Lipinski definition) is 5. The molecule has 3 aromatic rings. The molecule has 2 aromatic carbocycles. The van der Waals surface area contributed by atoms with Gasteiger partial charge in [-0.05, 0) is 63.6 Å². The zero-order valence-corrected chi connectivity index (χ0v) is 17.2. The number of aryl methyl sites for hydroxylation is 1. The molecular formula is C23H26N4O2. The molecule has 150 valence electrons. The number of benzene rings is 2. The van der Waals surface area contributed by atoms with Crippen molar-refractivity contribution in [2.75, 3.05) is 10.6 Å². The standard InChI is InChI=1S/C23H26N4O2/c1-16-14-20(26-22(24-16)27-23(2,3)4)21(28)25-18-10-12-19(13-11-18)29-15-17-8-6-5-7-9-17/h5-14H,15H2,1-4H3,(H,25,28)(H,24,26,27). The third kappa shape index (κ3) is 6.31. The van der Waals surface area contributed by atoms with E-state index >= 15 is 0 Å². The molecule has 0 atom stereocenters. The number of hydrogen-bond donors (Lipinski definition) is 2. The Kier molecular flexibility index (Phi) is 6.12. The molecule has 6 heteroatoms. The monoisotopic (exact) mass is 390 g/mol. The molecule has 1 heterocycles. The Labute approximate surface area is 171 Å². The zero-order chi connectivity index (χ0) is 20.9. The van der Waals surface area contributed by atoms with Crippen LogP contribution in [0.15, 0.2) is 60.7 Å². The van der Waals surface area contributed by atoms with E-state index in [1.807, 2.05) is 70.2 Å². The van der Waals surface area contributed by atoms with Gasteiger partial charge in [-0.2, -0.15) is 0 Å². The zero-order valence-electron chi connectivity index (χ0n) is 17.2. The van der Waals surface area contributed by atoms with Crippen molar-refractivity contribution in [1.82, 2.24) is 9.97 Å². The van der Waals surface area contributed by atoms with Gasteiger partial charge in [0.15, 0.2) is 0 Å². The van der Waals surface area contributed by atoms with Gasteiger partial charge >= 0.3 is 0 Å². The Morgan fingerprint density at radius 1 is 1.00 bits per heavy atom. The highest BCUT2D eigenvalue weighted by atomic mass is 16.5. The fourth-order valence-corrected chi connectivity index (χ4v) is 2.65. The Balaban J connectivity index is 1.63. The molecule has 0 bridgehead atoms. The summed E-state index contributed by atoms with van der Waals surface area (Å²) < 4.78 is 5.77. The molecule has 0 aliphatic carbocycles. The third-order valence-electron chi connectivity index (χ3n) is 3.93.